The third kappa shape index (κ3) is 4.09. The highest BCUT2D eigenvalue weighted by Gasteiger charge is 2.19. The van der Waals surface area contributed by atoms with Crippen LogP contribution < -0.4 is 0 Å². The number of halogens is 2. The Balaban J connectivity index is 2.16. The summed E-state index contributed by atoms with van der Waals surface area (Å²) in [6, 6.07) is 15.0. The Hall–Kier alpha value is -1.32. The fourth-order valence-corrected chi connectivity index (χ4v) is 2.78. The first kappa shape index (κ1) is 15.1. The van der Waals surface area contributed by atoms with Crippen molar-refractivity contribution < 1.29 is 9.90 Å². The van der Waals surface area contributed by atoms with Gasteiger partial charge in [-0.15, -0.1) is 0 Å². The number of carbonyl (C=O) groups is 1. The monoisotopic (exact) mass is 352 g/mol. The average molecular weight is 354 g/mol. The third-order valence-corrected chi connectivity index (χ3v) is 4.15. The topological polar surface area (TPSA) is 37.3 Å². The zero-order valence-electron chi connectivity index (χ0n) is 10.7. The fraction of sp³-hybridized carbons (Fsp3) is 0.188. The molecule has 0 aromatic heterocycles. The summed E-state index contributed by atoms with van der Waals surface area (Å²) in [5.41, 5.74) is 1.94. The summed E-state index contributed by atoms with van der Waals surface area (Å²) in [5, 5.41) is 10.0. The highest BCUT2D eigenvalue weighted by atomic mass is 79.9. The second-order valence-electron chi connectivity index (χ2n) is 4.66. The fourth-order valence-electron chi connectivity index (χ4n) is 2.12. The van der Waals surface area contributed by atoms with Crippen LogP contribution in [0.4, 0.5) is 0 Å². The Morgan fingerprint density at radius 3 is 2.55 bits per heavy atom. The molecule has 0 saturated heterocycles. The van der Waals surface area contributed by atoms with Crippen molar-refractivity contribution in [2.24, 2.45) is 5.92 Å². The summed E-state index contributed by atoms with van der Waals surface area (Å²) < 4.78 is 0.942. The van der Waals surface area contributed by atoms with Gasteiger partial charge in [-0.25, -0.2) is 0 Å². The van der Waals surface area contributed by atoms with Crippen LogP contribution in [0.2, 0.25) is 5.02 Å². The summed E-state index contributed by atoms with van der Waals surface area (Å²) in [6.45, 7) is 0. The average Bonchev–Trinajstić information content (AvgIpc) is 2.40. The van der Waals surface area contributed by atoms with Crippen molar-refractivity contribution in [2.45, 2.75) is 12.8 Å². The first-order chi connectivity index (χ1) is 9.56. The zero-order valence-corrected chi connectivity index (χ0v) is 13.1. The molecule has 4 heteroatoms. The van der Waals surface area contributed by atoms with Crippen molar-refractivity contribution in [2.75, 3.05) is 0 Å². The van der Waals surface area contributed by atoms with E-state index in [1.807, 2.05) is 42.5 Å². The predicted molar refractivity (Wildman–Crippen MR) is 84.1 cm³/mol. The van der Waals surface area contributed by atoms with E-state index in [0.29, 0.717) is 17.9 Å². The molecule has 0 bridgehead atoms. The minimum Gasteiger partial charge on any atom is -0.481 e. The molecule has 2 aromatic rings. The quantitative estimate of drug-likeness (QED) is 0.853. The summed E-state index contributed by atoms with van der Waals surface area (Å²) in [7, 11) is 0. The predicted octanol–water partition coefficient (Wildman–Crippen LogP) is 4.59. The van der Waals surface area contributed by atoms with Crippen LogP contribution in [0.15, 0.2) is 53.0 Å². The molecule has 2 rings (SSSR count). The number of hydrogen-bond donors (Lipinski definition) is 1. The molecule has 1 N–H and O–H groups in total. The van der Waals surface area contributed by atoms with Gasteiger partial charge in [-0.1, -0.05) is 57.9 Å². The van der Waals surface area contributed by atoms with Gasteiger partial charge in [0.1, 0.15) is 0 Å². The van der Waals surface area contributed by atoms with Gasteiger partial charge >= 0.3 is 5.97 Å². The van der Waals surface area contributed by atoms with Crippen LogP contribution in [0.1, 0.15) is 11.1 Å². The van der Waals surface area contributed by atoms with Crippen molar-refractivity contribution in [1.29, 1.82) is 0 Å². The maximum atomic E-state index is 11.5. The van der Waals surface area contributed by atoms with Gasteiger partial charge in [0.15, 0.2) is 0 Å². The molecule has 1 unspecified atom stereocenters. The van der Waals surface area contributed by atoms with E-state index in [0.717, 1.165) is 15.6 Å². The molecule has 0 spiro atoms. The van der Waals surface area contributed by atoms with Crippen LogP contribution >= 0.6 is 27.5 Å². The first-order valence-electron chi connectivity index (χ1n) is 6.27. The lowest BCUT2D eigenvalue weighted by atomic mass is 9.93. The van der Waals surface area contributed by atoms with Gasteiger partial charge in [0.25, 0.3) is 0 Å². The molecule has 0 heterocycles. The lowest BCUT2D eigenvalue weighted by Gasteiger charge is -2.14. The first-order valence-corrected chi connectivity index (χ1v) is 7.44. The summed E-state index contributed by atoms with van der Waals surface area (Å²) in [4.78, 5) is 11.5. The van der Waals surface area contributed by atoms with E-state index in [2.05, 4.69) is 15.9 Å². The van der Waals surface area contributed by atoms with Crippen LogP contribution in [-0.4, -0.2) is 11.1 Å². The number of hydrogen-bond acceptors (Lipinski definition) is 1. The van der Waals surface area contributed by atoms with Crippen molar-refractivity contribution in [3.8, 4) is 0 Å². The highest BCUT2D eigenvalue weighted by molar-refractivity contribution is 9.10. The molecular formula is C16H14BrClO2. The molecule has 2 nitrogen and oxygen atoms in total. The standard InChI is InChI=1S/C16H14BrClO2/c17-15-7-2-1-5-12(15)10-13(16(19)20)8-11-4-3-6-14(18)9-11/h1-7,9,13H,8,10H2,(H,19,20). The van der Waals surface area contributed by atoms with Crippen molar-refractivity contribution >= 4 is 33.5 Å². The summed E-state index contributed by atoms with van der Waals surface area (Å²) in [5.74, 6) is -1.26. The zero-order chi connectivity index (χ0) is 14.5. The molecule has 0 radical (unpaired) electrons. The summed E-state index contributed by atoms with van der Waals surface area (Å²) >= 11 is 9.40. The third-order valence-electron chi connectivity index (χ3n) is 3.14. The molecule has 0 aliphatic heterocycles. The molecule has 0 aliphatic carbocycles. The van der Waals surface area contributed by atoms with Crippen LogP contribution in [-0.2, 0) is 17.6 Å². The smallest absolute Gasteiger partial charge is 0.307 e. The van der Waals surface area contributed by atoms with Crippen LogP contribution in [0.25, 0.3) is 0 Å². The Labute approximate surface area is 131 Å². The van der Waals surface area contributed by atoms with Gasteiger partial charge in [0.05, 0.1) is 5.92 Å². The highest BCUT2D eigenvalue weighted by Crippen LogP contribution is 2.22. The molecule has 0 aliphatic rings. The lowest BCUT2D eigenvalue weighted by Crippen LogP contribution is -2.19. The SMILES string of the molecule is O=C(O)C(Cc1cccc(Cl)c1)Cc1ccccc1Br. The largest absolute Gasteiger partial charge is 0.481 e. The molecule has 0 amide bonds. The minimum atomic E-state index is -0.791. The van der Waals surface area contributed by atoms with E-state index in [9.17, 15) is 9.90 Å². The van der Waals surface area contributed by atoms with Gasteiger partial charge in [0.2, 0.25) is 0 Å². The number of rotatable bonds is 5. The number of carboxylic acids is 1. The van der Waals surface area contributed by atoms with Crippen LogP contribution in [0.3, 0.4) is 0 Å². The summed E-state index contributed by atoms with van der Waals surface area (Å²) in [6.07, 6.45) is 0.959. The van der Waals surface area contributed by atoms with E-state index in [1.54, 1.807) is 6.07 Å². The van der Waals surface area contributed by atoms with Gasteiger partial charge in [-0.2, -0.15) is 0 Å². The maximum Gasteiger partial charge on any atom is 0.307 e. The minimum absolute atomic E-state index is 0.466. The van der Waals surface area contributed by atoms with Crippen molar-refractivity contribution in [1.82, 2.24) is 0 Å². The van der Waals surface area contributed by atoms with E-state index >= 15 is 0 Å². The number of aliphatic carboxylic acids is 1. The molecule has 20 heavy (non-hydrogen) atoms. The van der Waals surface area contributed by atoms with Gasteiger partial charge < -0.3 is 5.11 Å². The Kier molecular flexibility index (Phi) is 5.21. The van der Waals surface area contributed by atoms with E-state index < -0.39 is 11.9 Å². The van der Waals surface area contributed by atoms with Gasteiger partial charge in [0, 0.05) is 9.50 Å². The van der Waals surface area contributed by atoms with E-state index in [1.165, 1.54) is 0 Å². The lowest BCUT2D eigenvalue weighted by molar-refractivity contribution is -0.141. The molecule has 2 aromatic carbocycles. The molecule has 0 saturated carbocycles. The Morgan fingerprint density at radius 2 is 1.90 bits per heavy atom. The van der Waals surface area contributed by atoms with Gasteiger partial charge in [-0.3, -0.25) is 4.79 Å². The molecule has 104 valence electrons. The molecule has 0 fully saturated rings. The van der Waals surface area contributed by atoms with Gasteiger partial charge in [-0.05, 0) is 42.2 Å². The second-order valence-corrected chi connectivity index (χ2v) is 5.96. The Bertz CT molecular complexity index is 613. The van der Waals surface area contributed by atoms with Crippen LogP contribution in [0, 0.1) is 5.92 Å². The van der Waals surface area contributed by atoms with Crippen molar-refractivity contribution in [3.63, 3.8) is 0 Å². The molecule has 1 atom stereocenters. The normalized spacial score (nSPS) is 12.1. The molecular weight excluding hydrogens is 340 g/mol. The van der Waals surface area contributed by atoms with E-state index in [-0.39, 0.29) is 0 Å². The second kappa shape index (κ2) is 6.91. The number of carboxylic acid groups (broad SMARTS) is 1. The number of benzene rings is 2. The van der Waals surface area contributed by atoms with E-state index in [4.69, 9.17) is 11.6 Å². The van der Waals surface area contributed by atoms with Crippen LogP contribution in [0.5, 0.6) is 0 Å². The Morgan fingerprint density at radius 1 is 1.15 bits per heavy atom. The van der Waals surface area contributed by atoms with Crippen molar-refractivity contribution in [3.05, 3.63) is 69.2 Å². The maximum absolute atomic E-state index is 11.5.